The van der Waals surface area contributed by atoms with Crippen LogP contribution in [0.15, 0.2) is 23.3 Å². The molecule has 1 aliphatic rings. The number of unbranched alkanes of at least 4 members (excludes halogenated alkanes) is 1. The molecule has 1 aromatic heterocycles. The summed E-state index contributed by atoms with van der Waals surface area (Å²) < 4.78 is 0. The summed E-state index contributed by atoms with van der Waals surface area (Å²) in [5, 5.41) is 6.73. The highest BCUT2D eigenvalue weighted by Crippen LogP contribution is 2.21. The van der Waals surface area contributed by atoms with Gasteiger partial charge in [0.15, 0.2) is 5.96 Å². The fourth-order valence-electron chi connectivity index (χ4n) is 3.03. The Kier molecular flexibility index (Phi) is 9.67. The van der Waals surface area contributed by atoms with Crippen molar-refractivity contribution < 1.29 is 0 Å². The third-order valence-electron chi connectivity index (χ3n) is 4.75. The lowest BCUT2D eigenvalue weighted by Crippen LogP contribution is -2.37. The number of rotatable bonds is 9. The lowest BCUT2D eigenvalue weighted by Gasteiger charge is -2.31. The summed E-state index contributed by atoms with van der Waals surface area (Å²) in [7, 11) is 0. The molecule has 0 aromatic carbocycles. The topological polar surface area (TPSA) is 52.6 Å². The number of aliphatic imine (C=N–C) groups is 1. The minimum absolute atomic E-state index is 0.657. The van der Waals surface area contributed by atoms with Crippen molar-refractivity contribution in [1.82, 2.24) is 15.6 Å². The Balaban J connectivity index is 1.82. The van der Waals surface area contributed by atoms with Gasteiger partial charge in [0.1, 0.15) is 5.82 Å². The average Bonchev–Trinajstić information content (AvgIpc) is 2.67. The van der Waals surface area contributed by atoms with E-state index in [1.54, 1.807) is 0 Å². The molecule has 26 heavy (non-hydrogen) atoms. The number of anilines is 1. The molecule has 0 radical (unpaired) electrons. The van der Waals surface area contributed by atoms with E-state index in [9.17, 15) is 0 Å². The first-order valence-corrected chi connectivity index (χ1v) is 11.3. The summed E-state index contributed by atoms with van der Waals surface area (Å²) in [6.07, 6.45) is 9.08. The second-order valence-electron chi connectivity index (χ2n) is 7.02. The van der Waals surface area contributed by atoms with Gasteiger partial charge in [0, 0.05) is 32.4 Å². The third-order valence-corrected chi connectivity index (χ3v) is 5.45. The van der Waals surface area contributed by atoms with E-state index >= 15 is 0 Å². The summed E-state index contributed by atoms with van der Waals surface area (Å²) in [5.74, 6) is 4.07. The van der Waals surface area contributed by atoms with Crippen LogP contribution in [0.4, 0.5) is 5.82 Å². The Labute approximate surface area is 163 Å². The van der Waals surface area contributed by atoms with Gasteiger partial charge < -0.3 is 15.5 Å². The number of nitrogens with zero attached hydrogens (tertiary/aromatic N) is 3. The summed E-state index contributed by atoms with van der Waals surface area (Å²) in [6.45, 7) is 9.18. The fourth-order valence-corrected chi connectivity index (χ4v) is 3.52. The molecule has 0 spiro atoms. The highest BCUT2D eigenvalue weighted by Gasteiger charge is 2.16. The highest BCUT2D eigenvalue weighted by molar-refractivity contribution is 7.98. The molecule has 2 rings (SSSR count). The van der Waals surface area contributed by atoms with Gasteiger partial charge in [-0.3, -0.25) is 0 Å². The number of hydrogen-bond donors (Lipinski definition) is 2. The number of guanidine groups is 1. The number of thioether (sulfide) groups is 1. The van der Waals surface area contributed by atoms with Crippen molar-refractivity contribution in [2.24, 2.45) is 10.9 Å². The zero-order valence-corrected chi connectivity index (χ0v) is 17.4. The predicted octanol–water partition coefficient (Wildman–Crippen LogP) is 3.52. The minimum atomic E-state index is 0.657. The van der Waals surface area contributed by atoms with Crippen molar-refractivity contribution in [1.29, 1.82) is 0 Å². The van der Waals surface area contributed by atoms with Gasteiger partial charge in [-0.1, -0.05) is 13.0 Å². The lowest BCUT2D eigenvalue weighted by molar-refractivity contribution is 0.436. The minimum Gasteiger partial charge on any atom is -0.357 e. The smallest absolute Gasteiger partial charge is 0.191 e. The third kappa shape index (κ3) is 7.44. The van der Waals surface area contributed by atoms with Crippen molar-refractivity contribution in [3.63, 3.8) is 0 Å². The Bertz CT molecular complexity index is 524. The maximum absolute atomic E-state index is 4.69. The zero-order chi connectivity index (χ0) is 18.6. The first kappa shape index (κ1) is 20.9. The Morgan fingerprint density at radius 1 is 1.27 bits per heavy atom. The molecule has 0 saturated carbocycles. The Morgan fingerprint density at radius 2 is 2.08 bits per heavy atom. The molecule has 0 atom stereocenters. The van der Waals surface area contributed by atoms with Gasteiger partial charge in [-0.05, 0) is 62.2 Å². The number of aromatic nitrogens is 1. The predicted molar refractivity (Wildman–Crippen MR) is 115 cm³/mol. The first-order valence-electron chi connectivity index (χ1n) is 9.94. The van der Waals surface area contributed by atoms with Crippen LogP contribution >= 0.6 is 11.8 Å². The van der Waals surface area contributed by atoms with Gasteiger partial charge in [0.25, 0.3) is 0 Å². The largest absolute Gasteiger partial charge is 0.357 e. The van der Waals surface area contributed by atoms with Crippen LogP contribution < -0.4 is 15.5 Å². The molecule has 0 amide bonds. The van der Waals surface area contributed by atoms with Crippen molar-refractivity contribution in [3.8, 4) is 0 Å². The molecular weight excluding hydrogens is 342 g/mol. The van der Waals surface area contributed by atoms with Crippen molar-refractivity contribution in [3.05, 3.63) is 23.9 Å². The van der Waals surface area contributed by atoms with Gasteiger partial charge >= 0.3 is 0 Å². The van der Waals surface area contributed by atoms with Crippen LogP contribution in [0.25, 0.3) is 0 Å². The second kappa shape index (κ2) is 12.0. The van der Waals surface area contributed by atoms with Crippen molar-refractivity contribution in [2.45, 2.75) is 46.1 Å². The average molecular weight is 378 g/mol. The second-order valence-corrected chi connectivity index (χ2v) is 8.00. The van der Waals surface area contributed by atoms with Gasteiger partial charge in [-0.25, -0.2) is 9.98 Å². The number of nitrogens with one attached hydrogen (secondary N) is 2. The highest BCUT2D eigenvalue weighted by atomic mass is 32.2. The molecule has 146 valence electrons. The summed E-state index contributed by atoms with van der Waals surface area (Å²) in [6, 6.07) is 4.30. The van der Waals surface area contributed by atoms with E-state index in [0.29, 0.717) is 6.54 Å². The quantitative estimate of drug-likeness (QED) is 0.392. The molecule has 6 heteroatoms. The number of piperidine rings is 1. The van der Waals surface area contributed by atoms with E-state index in [4.69, 9.17) is 0 Å². The van der Waals surface area contributed by atoms with Crippen LogP contribution in [0.1, 0.15) is 45.1 Å². The van der Waals surface area contributed by atoms with E-state index < -0.39 is 0 Å². The molecule has 2 heterocycles. The first-order chi connectivity index (χ1) is 12.7. The molecule has 1 fully saturated rings. The van der Waals surface area contributed by atoms with Gasteiger partial charge in [-0.2, -0.15) is 11.8 Å². The summed E-state index contributed by atoms with van der Waals surface area (Å²) in [5.41, 5.74) is 1.15. The maximum atomic E-state index is 4.69. The molecule has 0 unspecified atom stereocenters. The van der Waals surface area contributed by atoms with E-state index in [-0.39, 0.29) is 0 Å². The number of pyridine rings is 1. The fraction of sp³-hybridized carbons (Fsp3) is 0.700. The molecule has 1 aliphatic heterocycles. The van der Waals surface area contributed by atoms with Crippen LogP contribution in [0, 0.1) is 5.92 Å². The van der Waals surface area contributed by atoms with E-state index in [2.05, 4.69) is 57.7 Å². The maximum Gasteiger partial charge on any atom is 0.191 e. The van der Waals surface area contributed by atoms with Crippen molar-refractivity contribution >= 4 is 23.5 Å². The van der Waals surface area contributed by atoms with Crippen LogP contribution in [0.5, 0.6) is 0 Å². The molecule has 2 N–H and O–H groups in total. The van der Waals surface area contributed by atoms with E-state index in [0.717, 1.165) is 49.4 Å². The number of hydrogen-bond acceptors (Lipinski definition) is 4. The SMILES string of the molecule is CCNC(=NCc1ccc(N2CCC(C)CC2)nc1)NCCCCSC. The van der Waals surface area contributed by atoms with Crippen LogP contribution in [0.3, 0.4) is 0 Å². The molecular formula is C20H35N5S. The monoisotopic (exact) mass is 377 g/mol. The van der Waals surface area contributed by atoms with Crippen LogP contribution in [-0.4, -0.2) is 49.1 Å². The van der Waals surface area contributed by atoms with Crippen molar-refractivity contribution in [2.75, 3.05) is 43.1 Å². The van der Waals surface area contributed by atoms with Crippen LogP contribution in [-0.2, 0) is 6.54 Å². The molecule has 1 aromatic rings. The van der Waals surface area contributed by atoms with Gasteiger partial charge in [0.2, 0.25) is 0 Å². The molecule has 0 bridgehead atoms. The normalized spacial score (nSPS) is 16.0. The summed E-state index contributed by atoms with van der Waals surface area (Å²) in [4.78, 5) is 11.7. The Morgan fingerprint density at radius 3 is 2.73 bits per heavy atom. The Hall–Kier alpha value is -1.43. The molecule has 0 aliphatic carbocycles. The van der Waals surface area contributed by atoms with Crippen LogP contribution in [0.2, 0.25) is 0 Å². The van der Waals surface area contributed by atoms with Gasteiger partial charge in [0.05, 0.1) is 6.54 Å². The van der Waals surface area contributed by atoms with E-state index in [1.165, 1.54) is 31.4 Å². The van der Waals surface area contributed by atoms with Gasteiger partial charge in [-0.15, -0.1) is 0 Å². The standard InChI is InChI=1S/C20H35N5S/c1-4-21-20(22-11-5-6-14-26-3)24-16-18-7-8-19(23-15-18)25-12-9-17(2)10-13-25/h7-8,15,17H,4-6,9-14,16H2,1-3H3,(H2,21,22,24). The molecule has 1 saturated heterocycles. The zero-order valence-electron chi connectivity index (χ0n) is 16.6. The lowest BCUT2D eigenvalue weighted by atomic mass is 9.99. The summed E-state index contributed by atoms with van der Waals surface area (Å²) >= 11 is 1.91. The molecule has 5 nitrogen and oxygen atoms in total. The van der Waals surface area contributed by atoms with E-state index in [1.807, 2.05) is 18.0 Å².